The van der Waals surface area contributed by atoms with Crippen molar-refractivity contribution in [2.75, 3.05) is 7.05 Å². The Morgan fingerprint density at radius 3 is 2.65 bits per heavy atom. The summed E-state index contributed by atoms with van der Waals surface area (Å²) in [6, 6.07) is 9.51. The fraction of sp³-hybridized carbons (Fsp3) is 0.286. The first-order chi connectivity index (χ1) is 9.51. The van der Waals surface area contributed by atoms with Crippen LogP contribution in [0.5, 0.6) is 0 Å². The molecule has 108 valence electrons. The molecule has 20 heavy (non-hydrogen) atoms. The Morgan fingerprint density at radius 1 is 1.15 bits per heavy atom. The van der Waals surface area contributed by atoms with E-state index in [4.69, 9.17) is 0 Å². The van der Waals surface area contributed by atoms with Crippen molar-refractivity contribution in [1.82, 2.24) is 10.0 Å². The molecule has 1 heterocycles. The maximum absolute atomic E-state index is 12.2. The Balaban J connectivity index is 2.06. The van der Waals surface area contributed by atoms with Gasteiger partial charge in [-0.05, 0) is 36.5 Å². The van der Waals surface area contributed by atoms with Crippen molar-refractivity contribution in [2.45, 2.75) is 24.2 Å². The average Bonchev–Trinajstić information content (AvgIpc) is 2.87. The molecule has 0 saturated carbocycles. The Labute approximate surface area is 123 Å². The molecule has 0 amide bonds. The van der Waals surface area contributed by atoms with Crippen molar-refractivity contribution in [3.8, 4) is 0 Å². The molecule has 0 bridgehead atoms. The molecule has 0 radical (unpaired) electrons. The zero-order chi connectivity index (χ0) is 14.6. The van der Waals surface area contributed by atoms with Crippen molar-refractivity contribution in [1.29, 1.82) is 0 Å². The minimum atomic E-state index is -3.43. The number of rotatable bonds is 6. The van der Waals surface area contributed by atoms with Gasteiger partial charge >= 0.3 is 0 Å². The van der Waals surface area contributed by atoms with Gasteiger partial charge in [-0.1, -0.05) is 29.8 Å². The van der Waals surface area contributed by atoms with Crippen molar-refractivity contribution < 1.29 is 8.42 Å². The summed E-state index contributed by atoms with van der Waals surface area (Å²) in [6.45, 7) is 2.97. The van der Waals surface area contributed by atoms with Gasteiger partial charge < -0.3 is 5.32 Å². The molecule has 4 nitrogen and oxygen atoms in total. The standard InChI is InChI=1S/C14H18N2O2S2/c1-11-4-3-5-12(6-11)9-16-20(17,18)14-7-13(8-15-2)10-19-14/h3-7,10,15-16H,8-9H2,1-2H3. The quantitative estimate of drug-likeness (QED) is 0.860. The zero-order valence-corrected chi connectivity index (χ0v) is 13.1. The molecule has 0 aliphatic heterocycles. The van der Waals surface area contributed by atoms with Crippen molar-refractivity contribution in [3.63, 3.8) is 0 Å². The molecule has 0 saturated heterocycles. The number of nitrogens with one attached hydrogen (secondary N) is 2. The van der Waals surface area contributed by atoms with E-state index in [9.17, 15) is 8.42 Å². The van der Waals surface area contributed by atoms with Gasteiger partial charge in [0, 0.05) is 13.1 Å². The summed E-state index contributed by atoms with van der Waals surface area (Å²) in [7, 11) is -1.59. The Bertz CT molecular complexity index is 678. The summed E-state index contributed by atoms with van der Waals surface area (Å²) in [5, 5.41) is 4.86. The normalized spacial score (nSPS) is 11.7. The van der Waals surface area contributed by atoms with E-state index in [2.05, 4.69) is 10.0 Å². The molecule has 0 fully saturated rings. The largest absolute Gasteiger partial charge is 0.316 e. The molecule has 2 aromatic rings. The van der Waals surface area contributed by atoms with Crippen LogP contribution < -0.4 is 10.0 Å². The van der Waals surface area contributed by atoms with Gasteiger partial charge in [-0.3, -0.25) is 0 Å². The smallest absolute Gasteiger partial charge is 0.250 e. The number of aryl methyl sites for hydroxylation is 1. The van der Waals surface area contributed by atoms with E-state index in [-0.39, 0.29) is 0 Å². The highest BCUT2D eigenvalue weighted by atomic mass is 32.2. The van der Waals surface area contributed by atoms with Gasteiger partial charge in [-0.15, -0.1) is 11.3 Å². The minimum absolute atomic E-state index is 0.309. The van der Waals surface area contributed by atoms with Crippen molar-refractivity contribution in [2.24, 2.45) is 0 Å². The van der Waals surface area contributed by atoms with E-state index in [1.54, 1.807) is 6.07 Å². The van der Waals surface area contributed by atoms with Crippen molar-refractivity contribution >= 4 is 21.4 Å². The van der Waals surface area contributed by atoms with Crippen LogP contribution in [0.25, 0.3) is 0 Å². The third-order valence-electron chi connectivity index (χ3n) is 2.82. The van der Waals surface area contributed by atoms with Gasteiger partial charge in [-0.2, -0.15) is 0 Å². The van der Waals surface area contributed by atoms with Crippen LogP contribution in [0.4, 0.5) is 0 Å². The average molecular weight is 310 g/mol. The molecule has 0 aliphatic carbocycles. The first-order valence-corrected chi connectivity index (χ1v) is 8.65. The fourth-order valence-electron chi connectivity index (χ4n) is 1.86. The molecule has 0 unspecified atom stereocenters. The second-order valence-electron chi connectivity index (χ2n) is 4.62. The third-order valence-corrected chi connectivity index (χ3v) is 5.71. The first kappa shape index (κ1) is 15.2. The predicted molar refractivity (Wildman–Crippen MR) is 82.3 cm³/mol. The van der Waals surface area contributed by atoms with Crippen LogP contribution in [-0.4, -0.2) is 15.5 Å². The van der Waals surface area contributed by atoms with Gasteiger partial charge in [0.25, 0.3) is 0 Å². The summed E-state index contributed by atoms with van der Waals surface area (Å²) >= 11 is 1.24. The summed E-state index contributed by atoms with van der Waals surface area (Å²) in [5.74, 6) is 0. The highest BCUT2D eigenvalue weighted by Crippen LogP contribution is 2.20. The van der Waals surface area contributed by atoms with Gasteiger partial charge in [0.05, 0.1) is 0 Å². The van der Waals surface area contributed by atoms with E-state index in [1.807, 2.05) is 43.6 Å². The van der Waals surface area contributed by atoms with E-state index >= 15 is 0 Å². The topological polar surface area (TPSA) is 58.2 Å². The molecular weight excluding hydrogens is 292 g/mol. The predicted octanol–water partition coefficient (Wildman–Crippen LogP) is 2.25. The van der Waals surface area contributed by atoms with Gasteiger partial charge in [-0.25, -0.2) is 13.1 Å². The molecule has 0 spiro atoms. The van der Waals surface area contributed by atoms with E-state index in [0.29, 0.717) is 17.3 Å². The van der Waals surface area contributed by atoms with E-state index in [1.165, 1.54) is 11.3 Å². The number of hydrogen-bond acceptors (Lipinski definition) is 4. The monoisotopic (exact) mass is 310 g/mol. The van der Waals surface area contributed by atoms with Crippen LogP contribution in [0.1, 0.15) is 16.7 Å². The molecule has 1 aromatic heterocycles. The van der Waals surface area contributed by atoms with E-state index in [0.717, 1.165) is 16.7 Å². The number of thiophene rings is 1. The molecule has 0 atom stereocenters. The Hall–Kier alpha value is -1.21. The van der Waals surface area contributed by atoms with Crippen LogP contribution in [0.2, 0.25) is 0 Å². The highest BCUT2D eigenvalue weighted by molar-refractivity contribution is 7.91. The van der Waals surface area contributed by atoms with Crippen LogP contribution in [0.15, 0.2) is 39.9 Å². The van der Waals surface area contributed by atoms with E-state index < -0.39 is 10.0 Å². The Morgan fingerprint density at radius 2 is 1.95 bits per heavy atom. The number of benzene rings is 1. The van der Waals surface area contributed by atoms with Crippen LogP contribution >= 0.6 is 11.3 Å². The maximum atomic E-state index is 12.2. The molecule has 1 aromatic carbocycles. The molecule has 2 rings (SSSR count). The fourth-order valence-corrected chi connectivity index (χ4v) is 4.13. The van der Waals surface area contributed by atoms with Gasteiger partial charge in [0.2, 0.25) is 10.0 Å². The SMILES string of the molecule is CNCc1csc(S(=O)(=O)NCc2cccc(C)c2)c1. The summed E-state index contributed by atoms with van der Waals surface area (Å²) in [5.41, 5.74) is 3.06. The third kappa shape index (κ3) is 3.89. The lowest BCUT2D eigenvalue weighted by Crippen LogP contribution is -2.22. The zero-order valence-electron chi connectivity index (χ0n) is 11.5. The highest BCUT2D eigenvalue weighted by Gasteiger charge is 2.16. The van der Waals surface area contributed by atoms with Crippen LogP contribution in [-0.2, 0) is 23.1 Å². The second kappa shape index (κ2) is 6.49. The lowest BCUT2D eigenvalue weighted by molar-refractivity contribution is 0.583. The number of sulfonamides is 1. The molecule has 2 N–H and O–H groups in total. The first-order valence-electron chi connectivity index (χ1n) is 6.28. The lowest BCUT2D eigenvalue weighted by Gasteiger charge is -2.05. The summed E-state index contributed by atoms with van der Waals surface area (Å²) in [4.78, 5) is 0. The lowest BCUT2D eigenvalue weighted by atomic mass is 10.1. The van der Waals surface area contributed by atoms with Gasteiger partial charge in [0.15, 0.2) is 0 Å². The molecule has 0 aliphatic rings. The molecular formula is C14H18N2O2S2. The summed E-state index contributed by atoms with van der Waals surface area (Å²) < 4.78 is 27.4. The Kier molecular flexibility index (Phi) is 4.93. The summed E-state index contributed by atoms with van der Waals surface area (Å²) in [6.07, 6.45) is 0. The molecule has 6 heteroatoms. The van der Waals surface area contributed by atoms with Crippen LogP contribution in [0.3, 0.4) is 0 Å². The maximum Gasteiger partial charge on any atom is 0.250 e. The van der Waals surface area contributed by atoms with Crippen LogP contribution in [0, 0.1) is 6.92 Å². The van der Waals surface area contributed by atoms with Crippen molar-refractivity contribution in [3.05, 3.63) is 52.4 Å². The van der Waals surface area contributed by atoms with Gasteiger partial charge in [0.1, 0.15) is 4.21 Å². The second-order valence-corrected chi connectivity index (χ2v) is 7.52. The number of hydrogen-bond donors (Lipinski definition) is 2. The minimum Gasteiger partial charge on any atom is -0.316 e.